The molecule has 0 atom stereocenters. The van der Waals surface area contributed by atoms with Crippen molar-refractivity contribution in [3.8, 4) is 0 Å². The SMILES string of the molecule is Nc1cc(C(=O)NCCC2CC2)c(Br)cc1F. The Morgan fingerprint density at radius 3 is 2.88 bits per heavy atom. The van der Waals surface area contributed by atoms with Crippen molar-refractivity contribution in [3.63, 3.8) is 0 Å². The highest BCUT2D eigenvalue weighted by atomic mass is 79.9. The molecular formula is C12H14BrFN2O. The van der Waals surface area contributed by atoms with Gasteiger partial charge in [-0.2, -0.15) is 0 Å². The van der Waals surface area contributed by atoms with Crippen LogP contribution >= 0.6 is 15.9 Å². The van der Waals surface area contributed by atoms with E-state index in [9.17, 15) is 9.18 Å². The van der Waals surface area contributed by atoms with Crippen molar-refractivity contribution in [3.05, 3.63) is 28.0 Å². The lowest BCUT2D eigenvalue weighted by Crippen LogP contribution is -2.25. The van der Waals surface area contributed by atoms with Crippen LogP contribution in [0.2, 0.25) is 0 Å². The van der Waals surface area contributed by atoms with E-state index in [1.807, 2.05) is 0 Å². The van der Waals surface area contributed by atoms with Gasteiger partial charge >= 0.3 is 0 Å². The summed E-state index contributed by atoms with van der Waals surface area (Å²) in [7, 11) is 0. The molecule has 2 rings (SSSR count). The number of benzene rings is 1. The molecule has 1 aliphatic carbocycles. The fraction of sp³-hybridized carbons (Fsp3) is 0.417. The Kier molecular flexibility index (Phi) is 3.66. The van der Waals surface area contributed by atoms with Crippen molar-refractivity contribution >= 4 is 27.5 Å². The first-order chi connectivity index (χ1) is 8.08. The van der Waals surface area contributed by atoms with Crippen LogP contribution in [0.15, 0.2) is 16.6 Å². The molecule has 0 aliphatic heterocycles. The lowest BCUT2D eigenvalue weighted by molar-refractivity contribution is 0.0952. The molecule has 3 nitrogen and oxygen atoms in total. The quantitative estimate of drug-likeness (QED) is 0.840. The van der Waals surface area contributed by atoms with Crippen LogP contribution in [0, 0.1) is 11.7 Å². The molecule has 0 radical (unpaired) electrons. The zero-order valence-corrected chi connectivity index (χ0v) is 10.9. The van der Waals surface area contributed by atoms with E-state index in [2.05, 4.69) is 21.2 Å². The van der Waals surface area contributed by atoms with Gasteiger partial charge in [0.1, 0.15) is 5.82 Å². The molecule has 1 aromatic rings. The summed E-state index contributed by atoms with van der Waals surface area (Å²) in [6.45, 7) is 0.660. The van der Waals surface area contributed by atoms with Gasteiger partial charge in [-0.05, 0) is 40.4 Å². The summed E-state index contributed by atoms with van der Waals surface area (Å²) in [5.41, 5.74) is 5.80. The van der Waals surface area contributed by atoms with Crippen LogP contribution in [-0.4, -0.2) is 12.5 Å². The van der Waals surface area contributed by atoms with E-state index in [-0.39, 0.29) is 11.6 Å². The summed E-state index contributed by atoms with van der Waals surface area (Å²) in [6.07, 6.45) is 3.55. The minimum Gasteiger partial charge on any atom is -0.396 e. The summed E-state index contributed by atoms with van der Waals surface area (Å²) in [4.78, 5) is 11.8. The summed E-state index contributed by atoms with van der Waals surface area (Å²) in [5, 5.41) is 2.81. The molecule has 0 aromatic heterocycles. The van der Waals surface area contributed by atoms with Crippen molar-refractivity contribution < 1.29 is 9.18 Å². The molecule has 0 bridgehead atoms. The van der Waals surface area contributed by atoms with Crippen molar-refractivity contribution in [2.75, 3.05) is 12.3 Å². The largest absolute Gasteiger partial charge is 0.396 e. The molecule has 0 heterocycles. The fourth-order valence-corrected chi connectivity index (χ4v) is 2.13. The topological polar surface area (TPSA) is 55.1 Å². The molecule has 0 saturated heterocycles. The first-order valence-electron chi connectivity index (χ1n) is 5.60. The standard InChI is InChI=1S/C12H14BrFN2O/c13-9-6-10(14)11(15)5-8(9)12(17)16-4-3-7-1-2-7/h5-7H,1-4,15H2,(H,16,17). The summed E-state index contributed by atoms with van der Waals surface area (Å²) in [5.74, 6) is 0.0349. The maximum absolute atomic E-state index is 13.1. The van der Waals surface area contributed by atoms with E-state index in [1.165, 1.54) is 25.0 Å². The molecule has 1 fully saturated rings. The molecule has 1 saturated carbocycles. The van der Waals surface area contributed by atoms with Crippen molar-refractivity contribution in [1.29, 1.82) is 0 Å². The zero-order chi connectivity index (χ0) is 12.4. The van der Waals surface area contributed by atoms with Gasteiger partial charge in [0, 0.05) is 11.0 Å². The van der Waals surface area contributed by atoms with E-state index in [4.69, 9.17) is 5.73 Å². The predicted molar refractivity (Wildman–Crippen MR) is 68.2 cm³/mol. The molecule has 92 valence electrons. The van der Waals surface area contributed by atoms with Crippen LogP contribution in [0.5, 0.6) is 0 Å². The second-order valence-electron chi connectivity index (χ2n) is 4.34. The number of halogens is 2. The molecule has 1 aliphatic rings. The molecule has 5 heteroatoms. The number of rotatable bonds is 4. The fourth-order valence-electron chi connectivity index (χ4n) is 1.63. The molecule has 0 unspecified atom stereocenters. The normalized spacial score (nSPS) is 14.7. The van der Waals surface area contributed by atoms with Gasteiger partial charge in [0.05, 0.1) is 11.3 Å². The third kappa shape index (κ3) is 3.19. The van der Waals surface area contributed by atoms with Gasteiger partial charge in [-0.1, -0.05) is 12.8 Å². The molecule has 3 N–H and O–H groups in total. The summed E-state index contributed by atoms with van der Waals surface area (Å²) < 4.78 is 13.5. The van der Waals surface area contributed by atoms with Crippen LogP contribution in [0.3, 0.4) is 0 Å². The predicted octanol–water partition coefficient (Wildman–Crippen LogP) is 2.70. The second-order valence-corrected chi connectivity index (χ2v) is 5.20. The van der Waals surface area contributed by atoms with E-state index in [0.29, 0.717) is 16.6 Å². The van der Waals surface area contributed by atoms with Crippen molar-refractivity contribution in [2.45, 2.75) is 19.3 Å². The zero-order valence-electron chi connectivity index (χ0n) is 9.30. The van der Waals surface area contributed by atoms with Crippen LogP contribution < -0.4 is 11.1 Å². The first-order valence-corrected chi connectivity index (χ1v) is 6.40. The van der Waals surface area contributed by atoms with Crippen LogP contribution in [0.25, 0.3) is 0 Å². The Hall–Kier alpha value is -1.10. The van der Waals surface area contributed by atoms with E-state index >= 15 is 0 Å². The number of nitrogens with two attached hydrogens (primary N) is 1. The van der Waals surface area contributed by atoms with Gasteiger partial charge < -0.3 is 11.1 Å². The molecule has 0 spiro atoms. The summed E-state index contributed by atoms with van der Waals surface area (Å²) in [6, 6.07) is 2.57. The second kappa shape index (κ2) is 5.04. The van der Waals surface area contributed by atoms with E-state index in [1.54, 1.807) is 0 Å². The molecule has 17 heavy (non-hydrogen) atoms. The third-order valence-corrected chi connectivity index (χ3v) is 3.52. The number of nitrogen functional groups attached to an aromatic ring is 1. The summed E-state index contributed by atoms with van der Waals surface area (Å²) >= 11 is 3.16. The highest BCUT2D eigenvalue weighted by molar-refractivity contribution is 9.10. The lowest BCUT2D eigenvalue weighted by atomic mass is 10.2. The Balaban J connectivity index is 1.99. The van der Waals surface area contributed by atoms with Crippen molar-refractivity contribution in [2.24, 2.45) is 5.92 Å². The van der Waals surface area contributed by atoms with Gasteiger partial charge in [-0.3, -0.25) is 4.79 Å². The van der Waals surface area contributed by atoms with E-state index < -0.39 is 5.82 Å². The van der Waals surface area contributed by atoms with Gasteiger partial charge in [0.15, 0.2) is 0 Å². The smallest absolute Gasteiger partial charge is 0.252 e. The van der Waals surface area contributed by atoms with Gasteiger partial charge in [-0.15, -0.1) is 0 Å². The minimum absolute atomic E-state index is 0.0134. The van der Waals surface area contributed by atoms with E-state index in [0.717, 1.165) is 12.3 Å². The Morgan fingerprint density at radius 2 is 2.24 bits per heavy atom. The number of nitrogens with one attached hydrogen (secondary N) is 1. The maximum atomic E-state index is 13.1. The Bertz CT molecular complexity index is 446. The number of hydrogen-bond donors (Lipinski definition) is 2. The minimum atomic E-state index is -0.522. The number of carbonyl (C=O) groups is 1. The average molecular weight is 301 g/mol. The highest BCUT2D eigenvalue weighted by Gasteiger charge is 2.21. The van der Waals surface area contributed by atoms with Gasteiger partial charge in [-0.25, -0.2) is 4.39 Å². The molecule has 1 amide bonds. The number of hydrogen-bond acceptors (Lipinski definition) is 2. The Morgan fingerprint density at radius 1 is 1.53 bits per heavy atom. The van der Waals surface area contributed by atoms with Crippen molar-refractivity contribution in [1.82, 2.24) is 5.32 Å². The lowest BCUT2D eigenvalue weighted by Gasteiger charge is -2.08. The number of carbonyl (C=O) groups excluding carboxylic acids is 1. The molecule has 1 aromatic carbocycles. The van der Waals surface area contributed by atoms with Crippen LogP contribution in [0.1, 0.15) is 29.6 Å². The number of anilines is 1. The van der Waals surface area contributed by atoms with Gasteiger partial charge in [0.25, 0.3) is 5.91 Å². The molecular weight excluding hydrogens is 287 g/mol. The highest BCUT2D eigenvalue weighted by Crippen LogP contribution is 2.31. The first kappa shape index (κ1) is 12.4. The van der Waals surface area contributed by atoms with Crippen LogP contribution in [-0.2, 0) is 0 Å². The third-order valence-electron chi connectivity index (χ3n) is 2.87. The average Bonchev–Trinajstić information content (AvgIpc) is 3.07. The monoisotopic (exact) mass is 300 g/mol. The Labute approximate surface area is 108 Å². The van der Waals surface area contributed by atoms with Gasteiger partial charge in [0.2, 0.25) is 0 Å². The maximum Gasteiger partial charge on any atom is 0.252 e. The van der Waals surface area contributed by atoms with Crippen LogP contribution in [0.4, 0.5) is 10.1 Å². The number of amides is 1.